The van der Waals surface area contributed by atoms with Crippen molar-refractivity contribution in [2.24, 2.45) is 0 Å². The molecule has 1 heterocycles. The topological polar surface area (TPSA) is 86.7 Å². The summed E-state index contributed by atoms with van der Waals surface area (Å²) in [5.74, 6) is -1.80. The minimum atomic E-state index is -1.14. The summed E-state index contributed by atoms with van der Waals surface area (Å²) in [6, 6.07) is 13.9. The maximum atomic E-state index is 12.5. The monoisotopic (exact) mass is 412 g/mol. The van der Waals surface area contributed by atoms with Crippen molar-refractivity contribution in [3.63, 3.8) is 0 Å². The number of carboxylic acid groups (broad SMARTS) is 1. The molecule has 28 heavy (non-hydrogen) atoms. The number of amides is 2. The summed E-state index contributed by atoms with van der Waals surface area (Å²) < 4.78 is 0.493. The van der Waals surface area contributed by atoms with E-state index in [9.17, 15) is 19.5 Å². The molecule has 1 fully saturated rings. The molecule has 3 rings (SSSR count). The van der Waals surface area contributed by atoms with Crippen LogP contribution in [-0.2, 0) is 9.59 Å². The van der Waals surface area contributed by atoms with Crippen molar-refractivity contribution in [1.29, 1.82) is 0 Å². The molecule has 1 atom stereocenters. The van der Waals surface area contributed by atoms with E-state index in [0.29, 0.717) is 20.4 Å². The number of aliphatic carboxylic acids is 1. The van der Waals surface area contributed by atoms with E-state index in [1.165, 1.54) is 16.7 Å². The lowest BCUT2D eigenvalue weighted by molar-refractivity contribution is -0.139. The van der Waals surface area contributed by atoms with Gasteiger partial charge in [-0.25, -0.2) is 4.79 Å². The zero-order valence-electron chi connectivity index (χ0n) is 14.8. The normalized spacial score (nSPS) is 16.3. The predicted octanol–water partition coefficient (Wildman–Crippen LogP) is 3.07. The molecule has 1 aliphatic rings. The third-order valence-corrected chi connectivity index (χ3v) is 5.60. The lowest BCUT2D eigenvalue weighted by atomic mass is 10.1. The summed E-state index contributed by atoms with van der Waals surface area (Å²) in [5.41, 5.74) is 1.55. The molecule has 2 aromatic carbocycles. The Balaban J connectivity index is 1.74. The zero-order valence-corrected chi connectivity index (χ0v) is 16.4. The molecule has 1 unspecified atom stereocenters. The number of carbonyl (C=O) groups is 3. The predicted molar refractivity (Wildman–Crippen MR) is 112 cm³/mol. The fourth-order valence-electron chi connectivity index (χ4n) is 2.58. The van der Waals surface area contributed by atoms with Crippen LogP contribution in [0.3, 0.4) is 0 Å². The molecule has 2 N–H and O–H groups in total. The Bertz CT molecular complexity index is 971. The molecule has 1 aliphatic heterocycles. The second kappa shape index (κ2) is 8.37. The van der Waals surface area contributed by atoms with Crippen LogP contribution in [0.15, 0.2) is 59.5 Å². The molecule has 0 spiro atoms. The van der Waals surface area contributed by atoms with Gasteiger partial charge in [0.2, 0.25) is 0 Å². The van der Waals surface area contributed by atoms with Gasteiger partial charge in [0.05, 0.1) is 4.91 Å². The van der Waals surface area contributed by atoms with Crippen LogP contribution in [-0.4, -0.2) is 39.2 Å². The zero-order chi connectivity index (χ0) is 20.3. The van der Waals surface area contributed by atoms with Gasteiger partial charge in [-0.3, -0.25) is 14.5 Å². The highest BCUT2D eigenvalue weighted by Crippen LogP contribution is 2.31. The van der Waals surface area contributed by atoms with Gasteiger partial charge in [0.15, 0.2) is 6.04 Å². The Morgan fingerprint density at radius 2 is 1.79 bits per heavy atom. The van der Waals surface area contributed by atoms with E-state index in [4.69, 9.17) is 12.2 Å². The van der Waals surface area contributed by atoms with Crippen LogP contribution in [0, 0.1) is 0 Å². The number of thioether (sulfide) groups is 1. The van der Waals surface area contributed by atoms with Gasteiger partial charge >= 0.3 is 5.97 Å². The molecule has 1 saturated heterocycles. The molecule has 6 nitrogen and oxygen atoms in total. The first-order chi connectivity index (χ1) is 13.4. The molecule has 0 bridgehead atoms. The molecular formula is C20H16N2O4S2. The Labute approximate surface area is 171 Å². The van der Waals surface area contributed by atoms with Crippen LogP contribution in [0.2, 0.25) is 0 Å². The summed E-state index contributed by atoms with van der Waals surface area (Å²) in [7, 11) is 1.62. The number of thiocarbonyl (C=S) groups is 1. The lowest BCUT2D eigenvalue weighted by Gasteiger charge is -2.15. The number of likely N-dealkylation sites (N-methyl/N-ethyl adjacent to an activating group) is 1. The maximum absolute atomic E-state index is 12.5. The van der Waals surface area contributed by atoms with Crippen LogP contribution in [0.1, 0.15) is 27.5 Å². The number of carboxylic acids is 1. The fraction of sp³-hybridized carbons (Fsp3) is 0.100. The largest absolute Gasteiger partial charge is 0.479 e. The van der Waals surface area contributed by atoms with Crippen molar-refractivity contribution in [2.45, 2.75) is 6.04 Å². The average Bonchev–Trinajstić information content (AvgIpc) is 2.93. The Kier molecular flexibility index (Phi) is 5.91. The number of rotatable bonds is 5. The van der Waals surface area contributed by atoms with E-state index >= 15 is 0 Å². The summed E-state index contributed by atoms with van der Waals surface area (Å²) in [6.45, 7) is 0. The number of benzene rings is 2. The number of nitrogens with one attached hydrogen (secondary N) is 1. The minimum absolute atomic E-state index is 0.163. The highest BCUT2D eigenvalue weighted by Gasteiger charge is 2.28. The summed E-state index contributed by atoms with van der Waals surface area (Å²) in [6.07, 6.45) is 1.70. The van der Waals surface area contributed by atoms with Crippen LogP contribution < -0.4 is 5.32 Å². The highest BCUT2D eigenvalue weighted by molar-refractivity contribution is 8.26. The van der Waals surface area contributed by atoms with Gasteiger partial charge in [-0.05, 0) is 29.3 Å². The lowest BCUT2D eigenvalue weighted by Crippen LogP contribution is -2.33. The van der Waals surface area contributed by atoms with Crippen LogP contribution >= 0.6 is 24.0 Å². The third-order valence-electron chi connectivity index (χ3n) is 4.11. The van der Waals surface area contributed by atoms with Crippen molar-refractivity contribution in [3.8, 4) is 0 Å². The van der Waals surface area contributed by atoms with E-state index in [1.807, 2.05) is 0 Å². The Hall–Kier alpha value is -2.97. The number of hydrogen-bond acceptors (Lipinski definition) is 5. The van der Waals surface area contributed by atoms with Gasteiger partial charge in [0, 0.05) is 12.6 Å². The van der Waals surface area contributed by atoms with E-state index in [2.05, 4.69) is 5.32 Å². The van der Waals surface area contributed by atoms with E-state index in [1.54, 1.807) is 67.7 Å². The average molecular weight is 412 g/mol. The molecule has 0 radical (unpaired) electrons. The minimum Gasteiger partial charge on any atom is -0.479 e. The number of hydrogen-bond donors (Lipinski definition) is 2. The quantitative estimate of drug-likeness (QED) is 0.580. The first-order valence-corrected chi connectivity index (χ1v) is 9.49. The van der Waals surface area contributed by atoms with Gasteiger partial charge < -0.3 is 10.4 Å². The summed E-state index contributed by atoms with van der Waals surface area (Å²) in [5, 5.41) is 11.9. The van der Waals surface area contributed by atoms with Crippen LogP contribution in [0.25, 0.3) is 6.08 Å². The van der Waals surface area contributed by atoms with Crippen molar-refractivity contribution in [3.05, 3.63) is 76.2 Å². The highest BCUT2D eigenvalue weighted by atomic mass is 32.2. The molecule has 0 aromatic heterocycles. The van der Waals surface area contributed by atoms with Crippen molar-refractivity contribution in [1.82, 2.24) is 10.2 Å². The molecule has 142 valence electrons. The van der Waals surface area contributed by atoms with E-state index < -0.39 is 17.9 Å². The Morgan fingerprint density at radius 1 is 1.14 bits per heavy atom. The molecule has 2 amide bonds. The van der Waals surface area contributed by atoms with Gasteiger partial charge in [-0.15, -0.1) is 0 Å². The van der Waals surface area contributed by atoms with Gasteiger partial charge in [0.1, 0.15) is 4.32 Å². The second-order valence-electron chi connectivity index (χ2n) is 6.02. The Morgan fingerprint density at radius 3 is 2.32 bits per heavy atom. The summed E-state index contributed by atoms with van der Waals surface area (Å²) >= 11 is 6.32. The van der Waals surface area contributed by atoms with E-state index in [-0.39, 0.29) is 5.91 Å². The molecular weight excluding hydrogens is 396 g/mol. The number of carbonyl (C=O) groups excluding carboxylic acids is 2. The number of nitrogens with zero attached hydrogens (tertiary/aromatic N) is 1. The van der Waals surface area contributed by atoms with Crippen molar-refractivity contribution >= 4 is 52.2 Å². The van der Waals surface area contributed by atoms with Gasteiger partial charge in [-0.1, -0.05) is 66.4 Å². The third kappa shape index (κ3) is 4.29. The molecule has 0 saturated carbocycles. The second-order valence-corrected chi connectivity index (χ2v) is 7.69. The SMILES string of the molecule is CN1C(=O)/C(=C/c2ccc(C(=O)NC(C(=O)O)c3ccccc3)cc2)SC1=S. The van der Waals surface area contributed by atoms with Crippen molar-refractivity contribution < 1.29 is 19.5 Å². The van der Waals surface area contributed by atoms with Gasteiger partial charge in [0.25, 0.3) is 11.8 Å². The fourth-order valence-corrected chi connectivity index (χ4v) is 3.75. The smallest absolute Gasteiger partial charge is 0.330 e. The molecule has 2 aromatic rings. The molecule has 0 aliphatic carbocycles. The van der Waals surface area contributed by atoms with E-state index in [0.717, 1.165) is 5.56 Å². The summed E-state index contributed by atoms with van der Waals surface area (Å²) in [4.78, 5) is 37.9. The maximum Gasteiger partial charge on any atom is 0.330 e. The molecule has 8 heteroatoms. The van der Waals surface area contributed by atoms with Crippen LogP contribution in [0.5, 0.6) is 0 Å². The first-order valence-electron chi connectivity index (χ1n) is 8.27. The standard InChI is InChI=1S/C20H16N2O4S2/c1-22-18(24)15(28-20(22)27)11-12-7-9-14(10-8-12)17(23)21-16(19(25)26)13-5-3-2-4-6-13/h2-11,16H,1H3,(H,21,23)(H,25,26)/b15-11-. The first kappa shape index (κ1) is 19.8. The van der Waals surface area contributed by atoms with Crippen molar-refractivity contribution in [2.75, 3.05) is 7.05 Å². The van der Waals surface area contributed by atoms with Crippen LogP contribution in [0.4, 0.5) is 0 Å². The van der Waals surface area contributed by atoms with Gasteiger partial charge in [-0.2, -0.15) is 0 Å².